The Balaban J connectivity index is 1.52. The van der Waals surface area contributed by atoms with Gasteiger partial charge in [-0.15, -0.1) is 28.1 Å². The van der Waals surface area contributed by atoms with E-state index in [9.17, 15) is 9.59 Å². The molecule has 0 spiro atoms. The Morgan fingerprint density at radius 1 is 1.34 bits per heavy atom. The average Bonchev–Trinajstić information content (AvgIpc) is 3.53. The highest BCUT2D eigenvalue weighted by molar-refractivity contribution is 7.99. The molecule has 1 aromatic carbocycles. The minimum atomic E-state index is -0.388. The van der Waals surface area contributed by atoms with Crippen LogP contribution in [0.15, 0.2) is 36.0 Å². The van der Waals surface area contributed by atoms with Gasteiger partial charge in [-0.2, -0.15) is 0 Å². The normalized spacial score (nSPS) is 12.3. The summed E-state index contributed by atoms with van der Waals surface area (Å²) in [7, 11) is 1.58. The molecule has 0 aliphatic heterocycles. The number of anilines is 1. The first kappa shape index (κ1) is 25.3. The Morgan fingerprint density at radius 2 is 2.17 bits per heavy atom. The van der Waals surface area contributed by atoms with Gasteiger partial charge in [0.05, 0.1) is 30.6 Å². The van der Waals surface area contributed by atoms with Crippen molar-refractivity contribution in [1.82, 2.24) is 14.8 Å². The first-order valence-corrected chi connectivity index (χ1v) is 13.3. The number of rotatable bonds is 10. The smallest absolute Gasteiger partial charge is 0.341 e. The molecule has 11 heteroatoms. The minimum Gasteiger partial charge on any atom is -0.496 e. The van der Waals surface area contributed by atoms with Crippen LogP contribution in [0.2, 0.25) is 5.02 Å². The number of esters is 1. The zero-order valence-corrected chi connectivity index (χ0v) is 21.8. The van der Waals surface area contributed by atoms with E-state index in [1.165, 1.54) is 23.1 Å². The third kappa shape index (κ3) is 5.39. The highest BCUT2D eigenvalue weighted by Crippen LogP contribution is 2.40. The number of thioether (sulfide) groups is 1. The van der Waals surface area contributed by atoms with Crippen LogP contribution in [0.5, 0.6) is 5.75 Å². The van der Waals surface area contributed by atoms with Crippen LogP contribution in [-0.4, -0.2) is 46.1 Å². The maximum Gasteiger partial charge on any atom is 0.341 e. The molecule has 2 aromatic heterocycles. The van der Waals surface area contributed by atoms with Crippen LogP contribution in [0.3, 0.4) is 0 Å². The summed E-state index contributed by atoms with van der Waals surface area (Å²) >= 11 is 8.90. The number of amides is 1. The number of carbonyl (C=O) groups is 2. The van der Waals surface area contributed by atoms with Gasteiger partial charge in [0.15, 0.2) is 11.0 Å². The van der Waals surface area contributed by atoms with Crippen LogP contribution in [0.1, 0.15) is 34.1 Å². The molecule has 4 rings (SSSR count). The third-order valence-electron chi connectivity index (χ3n) is 5.42. The average molecular weight is 533 g/mol. The number of nitrogens with one attached hydrogen (secondary N) is 1. The summed E-state index contributed by atoms with van der Waals surface area (Å²) in [6.45, 7) is 6.31. The number of hydrogen-bond donors (Lipinski definition) is 1. The Bertz CT molecular complexity index is 1270. The van der Waals surface area contributed by atoms with Crippen molar-refractivity contribution in [2.24, 2.45) is 0 Å². The molecule has 0 unspecified atom stereocenters. The third-order valence-corrected chi connectivity index (χ3v) is 7.83. The Labute approximate surface area is 216 Å². The van der Waals surface area contributed by atoms with Gasteiger partial charge in [0.2, 0.25) is 5.91 Å². The number of nitrogens with zero attached hydrogens (tertiary/aromatic N) is 3. The van der Waals surface area contributed by atoms with Gasteiger partial charge in [-0.05, 0) is 49.9 Å². The second kappa shape index (κ2) is 11.3. The molecule has 0 fully saturated rings. The molecule has 1 aliphatic carbocycles. The summed E-state index contributed by atoms with van der Waals surface area (Å²) < 4.78 is 12.6. The van der Waals surface area contributed by atoms with Crippen LogP contribution < -0.4 is 10.1 Å². The lowest BCUT2D eigenvalue weighted by atomic mass is 10.1. The zero-order valence-electron chi connectivity index (χ0n) is 19.4. The van der Waals surface area contributed by atoms with Crippen molar-refractivity contribution in [2.75, 3.05) is 24.8 Å². The van der Waals surface area contributed by atoms with E-state index in [1.807, 2.05) is 4.57 Å². The number of aromatic nitrogens is 3. The number of carbonyl (C=O) groups excluding carboxylic acids is 2. The number of allylic oxidation sites excluding steroid dienone is 1. The van der Waals surface area contributed by atoms with Gasteiger partial charge in [-0.3, -0.25) is 9.36 Å². The Kier molecular flexibility index (Phi) is 8.15. The lowest BCUT2D eigenvalue weighted by Crippen LogP contribution is -2.17. The van der Waals surface area contributed by atoms with Crippen LogP contribution >= 0.6 is 34.7 Å². The number of aryl methyl sites for hydroxylation is 1. The van der Waals surface area contributed by atoms with E-state index >= 15 is 0 Å². The quantitative estimate of drug-likeness (QED) is 0.216. The molecule has 1 aliphatic rings. The van der Waals surface area contributed by atoms with Gasteiger partial charge in [-0.25, -0.2) is 4.79 Å². The van der Waals surface area contributed by atoms with Gasteiger partial charge in [0, 0.05) is 16.4 Å². The summed E-state index contributed by atoms with van der Waals surface area (Å²) in [5.41, 5.74) is 2.19. The number of methoxy groups -OCH3 is 1. The van der Waals surface area contributed by atoms with E-state index in [2.05, 4.69) is 22.1 Å². The Morgan fingerprint density at radius 3 is 2.91 bits per heavy atom. The second-order valence-electron chi connectivity index (χ2n) is 7.67. The highest BCUT2D eigenvalue weighted by atomic mass is 35.5. The summed E-state index contributed by atoms with van der Waals surface area (Å²) in [5, 5.41) is 13.2. The Hall–Kier alpha value is -2.82. The van der Waals surface area contributed by atoms with Crippen LogP contribution in [-0.2, 0) is 28.9 Å². The first-order valence-electron chi connectivity index (χ1n) is 11.1. The number of fused-ring (bicyclic) bond motifs is 1. The van der Waals surface area contributed by atoms with Crippen molar-refractivity contribution < 1.29 is 19.1 Å². The molecule has 8 nitrogen and oxygen atoms in total. The number of thiophene rings is 1. The van der Waals surface area contributed by atoms with Crippen molar-refractivity contribution in [2.45, 2.75) is 37.9 Å². The molecule has 0 radical (unpaired) electrons. The van der Waals surface area contributed by atoms with Gasteiger partial charge < -0.3 is 14.8 Å². The maximum atomic E-state index is 12.8. The second-order valence-corrected chi connectivity index (χ2v) is 10.2. The van der Waals surface area contributed by atoms with Crippen LogP contribution in [0.4, 0.5) is 5.00 Å². The van der Waals surface area contributed by atoms with Crippen molar-refractivity contribution in [1.29, 1.82) is 0 Å². The van der Waals surface area contributed by atoms with Crippen molar-refractivity contribution in [3.05, 3.63) is 51.9 Å². The number of hydrogen-bond acceptors (Lipinski definition) is 8. The summed E-state index contributed by atoms with van der Waals surface area (Å²) in [5.74, 6) is 0.633. The van der Waals surface area contributed by atoms with E-state index in [-0.39, 0.29) is 24.2 Å². The topological polar surface area (TPSA) is 95.3 Å². The van der Waals surface area contributed by atoms with Gasteiger partial charge >= 0.3 is 5.97 Å². The standard InChI is InChI=1S/C24H25ClN4O4S2/c1-4-11-29-21(16-12-14(25)9-10-17(16)32-3)27-28-24(29)34-13-19(30)26-22-20(23(31)33-5-2)15-7-6-8-18(15)35-22/h4,9-10,12H,1,5-8,11,13H2,2-3H3,(H,26,30). The number of halogens is 1. The number of ether oxygens (including phenoxy) is 2. The largest absolute Gasteiger partial charge is 0.496 e. The fourth-order valence-corrected chi connectivity index (χ4v) is 6.16. The molecule has 184 valence electrons. The molecule has 0 atom stereocenters. The van der Waals surface area contributed by atoms with E-state index in [4.69, 9.17) is 21.1 Å². The zero-order chi connectivity index (χ0) is 24.9. The SMILES string of the molecule is C=CCn1c(SCC(=O)Nc2sc3c(c2C(=O)OCC)CCC3)nnc1-c1cc(Cl)ccc1OC. The summed E-state index contributed by atoms with van der Waals surface area (Å²) in [6, 6.07) is 5.27. The molecule has 2 heterocycles. The minimum absolute atomic E-state index is 0.0901. The first-order chi connectivity index (χ1) is 17.0. The molecule has 35 heavy (non-hydrogen) atoms. The predicted octanol–water partition coefficient (Wildman–Crippen LogP) is 5.25. The summed E-state index contributed by atoms with van der Waals surface area (Å²) in [4.78, 5) is 26.5. The van der Waals surface area contributed by atoms with Crippen LogP contribution in [0, 0.1) is 0 Å². The summed E-state index contributed by atoms with van der Waals surface area (Å²) in [6.07, 6.45) is 4.48. The fourth-order valence-electron chi connectivity index (χ4n) is 3.95. The molecule has 0 saturated carbocycles. The molecule has 0 bridgehead atoms. The predicted molar refractivity (Wildman–Crippen MR) is 139 cm³/mol. The maximum absolute atomic E-state index is 12.8. The molecule has 0 saturated heterocycles. The molecular formula is C24H25ClN4O4S2. The van der Waals surface area contributed by atoms with E-state index in [0.717, 1.165) is 29.7 Å². The monoisotopic (exact) mass is 532 g/mol. The molecule has 1 amide bonds. The molecule has 1 N–H and O–H groups in total. The van der Waals surface area contributed by atoms with Crippen molar-refractivity contribution >= 4 is 51.6 Å². The highest BCUT2D eigenvalue weighted by Gasteiger charge is 2.28. The lowest BCUT2D eigenvalue weighted by Gasteiger charge is -2.11. The van der Waals surface area contributed by atoms with Gasteiger partial charge in [-0.1, -0.05) is 29.4 Å². The number of benzene rings is 1. The van der Waals surface area contributed by atoms with E-state index in [1.54, 1.807) is 38.3 Å². The van der Waals surface area contributed by atoms with Crippen molar-refractivity contribution in [3.8, 4) is 17.1 Å². The lowest BCUT2D eigenvalue weighted by molar-refractivity contribution is -0.113. The van der Waals surface area contributed by atoms with E-state index < -0.39 is 0 Å². The van der Waals surface area contributed by atoms with Crippen molar-refractivity contribution in [3.63, 3.8) is 0 Å². The van der Waals surface area contributed by atoms with E-state index in [0.29, 0.717) is 44.4 Å². The molecule has 3 aromatic rings. The molecular weight excluding hydrogens is 508 g/mol. The van der Waals surface area contributed by atoms with Gasteiger partial charge in [0.25, 0.3) is 0 Å². The van der Waals surface area contributed by atoms with Crippen LogP contribution in [0.25, 0.3) is 11.4 Å². The fraction of sp³-hybridized carbons (Fsp3) is 0.333. The van der Waals surface area contributed by atoms with Gasteiger partial charge in [0.1, 0.15) is 10.8 Å².